The monoisotopic (exact) mass is 552 g/mol. The molecule has 0 aromatic heterocycles. The summed E-state index contributed by atoms with van der Waals surface area (Å²) in [5.74, 6) is 0.296. The predicted octanol–water partition coefficient (Wildman–Crippen LogP) is 5.19. The first-order valence-corrected chi connectivity index (χ1v) is 12.8. The summed E-state index contributed by atoms with van der Waals surface area (Å²) in [7, 11) is 0. The average Bonchev–Trinajstić information content (AvgIpc) is 2.94. The quantitative estimate of drug-likeness (QED) is 0.107. The van der Waals surface area contributed by atoms with Crippen molar-refractivity contribution in [3.8, 4) is 11.5 Å². The molecule has 3 atom stereocenters. The number of alkyl halides is 2. The molecule has 38 heavy (non-hydrogen) atoms. The van der Waals surface area contributed by atoms with E-state index in [-0.39, 0.29) is 11.5 Å². The molecule has 2 amide bonds. The number of hydrogen-bond acceptors (Lipinski definition) is 5. The molecule has 9 heteroatoms. The van der Waals surface area contributed by atoms with Gasteiger partial charge in [-0.2, -0.15) is 0 Å². The van der Waals surface area contributed by atoms with Gasteiger partial charge in [-0.3, -0.25) is 9.59 Å². The molecule has 6 rings (SSSR count). The number of carbonyl (C=O) groups excluding carboxylic acids is 3. The Morgan fingerprint density at radius 2 is 1.53 bits per heavy atom. The van der Waals surface area contributed by atoms with E-state index in [2.05, 4.69) is 11.9 Å². The number of β-lactam (4-membered cyclic amide) rings is 1. The minimum atomic E-state index is -1.17. The van der Waals surface area contributed by atoms with Crippen molar-refractivity contribution < 1.29 is 23.9 Å². The summed E-state index contributed by atoms with van der Waals surface area (Å²) in [6.07, 6.45) is -0.697. The van der Waals surface area contributed by atoms with Crippen LogP contribution in [0.3, 0.4) is 0 Å². The fraction of sp³-hybridized carbons (Fsp3) is 0.207. The molecule has 3 aliphatic rings. The third-order valence-corrected chi connectivity index (χ3v) is 6.77. The minimum Gasteiger partial charge on any atom is -0.457 e. The Labute approximate surface area is 230 Å². The lowest BCUT2D eigenvalue weighted by molar-refractivity contribution is -0.165. The van der Waals surface area contributed by atoms with Gasteiger partial charge in [0.25, 0.3) is 5.91 Å². The van der Waals surface area contributed by atoms with E-state index in [1.165, 1.54) is 6.92 Å². The third kappa shape index (κ3) is 6.01. The number of benzene rings is 3. The molecule has 3 unspecified atom stereocenters. The van der Waals surface area contributed by atoms with Crippen LogP contribution in [0.5, 0.6) is 11.5 Å². The minimum absolute atomic E-state index is 0.0701. The molecule has 3 aliphatic heterocycles. The second-order valence-electron chi connectivity index (χ2n) is 8.71. The van der Waals surface area contributed by atoms with Crippen molar-refractivity contribution in [3.05, 3.63) is 108 Å². The van der Waals surface area contributed by atoms with Gasteiger partial charge in [-0.25, -0.2) is 4.79 Å². The lowest BCUT2D eigenvalue weighted by Crippen LogP contribution is -2.72. The first kappa shape index (κ1) is 27.2. The molecule has 2 bridgehead atoms. The molecule has 1 saturated heterocycles. The zero-order valence-corrected chi connectivity index (χ0v) is 22.1. The van der Waals surface area contributed by atoms with Crippen molar-refractivity contribution in [2.24, 2.45) is 0 Å². The van der Waals surface area contributed by atoms with Crippen molar-refractivity contribution >= 4 is 41.0 Å². The zero-order chi connectivity index (χ0) is 27.2. The van der Waals surface area contributed by atoms with E-state index in [1.807, 2.05) is 84.9 Å². The average molecular weight is 553 g/mol. The number of ether oxygens (including phenoxy) is 2. The standard InChI is InChI=1S/C23H22Cl2N2O4.C6H4O/c1-14(13-24)19(27-21(25)18(22(27)29)26-15(2)28)23(30)31-20(16-9-5-3-6-10-16)17-11-7-4-8-12-17;1-2-5-4-6(3-1)7-5/h3-12,18-21H,1,13H2,2H3,(H,26,28);1-4H. The van der Waals surface area contributed by atoms with Crippen LogP contribution >= 0.6 is 23.2 Å². The van der Waals surface area contributed by atoms with Gasteiger partial charge in [0, 0.05) is 18.9 Å². The van der Waals surface area contributed by atoms with E-state index >= 15 is 0 Å². The molecule has 0 saturated carbocycles. The number of carbonyl (C=O) groups is 3. The van der Waals surface area contributed by atoms with E-state index in [0.717, 1.165) is 27.5 Å². The number of esters is 1. The summed E-state index contributed by atoms with van der Waals surface area (Å²) in [6, 6.07) is 24.3. The lowest BCUT2D eigenvalue weighted by Gasteiger charge is -2.47. The van der Waals surface area contributed by atoms with E-state index in [4.69, 9.17) is 32.7 Å². The molecular weight excluding hydrogens is 527 g/mol. The number of halogens is 2. The number of hydrogen-bond donors (Lipinski definition) is 1. The van der Waals surface area contributed by atoms with Gasteiger partial charge in [-0.05, 0) is 28.8 Å². The van der Waals surface area contributed by atoms with Crippen molar-refractivity contribution in [1.29, 1.82) is 0 Å². The molecule has 3 aromatic rings. The Morgan fingerprint density at radius 3 is 1.89 bits per heavy atom. The Kier molecular flexibility index (Phi) is 8.71. The van der Waals surface area contributed by atoms with Crippen LogP contribution < -0.4 is 10.1 Å². The van der Waals surface area contributed by atoms with Crippen LogP contribution in [-0.4, -0.2) is 46.1 Å². The van der Waals surface area contributed by atoms with Crippen molar-refractivity contribution in [3.63, 3.8) is 0 Å². The van der Waals surface area contributed by atoms with Gasteiger partial charge in [0.05, 0.1) is 0 Å². The van der Waals surface area contributed by atoms with E-state index in [9.17, 15) is 14.4 Å². The normalized spacial score (nSPS) is 17.6. The first-order chi connectivity index (χ1) is 18.3. The van der Waals surface area contributed by atoms with Crippen LogP contribution in [0.2, 0.25) is 0 Å². The number of nitrogens with one attached hydrogen (secondary N) is 1. The third-order valence-electron chi connectivity index (χ3n) is 5.96. The molecule has 0 spiro atoms. The zero-order valence-electron chi connectivity index (χ0n) is 20.6. The maximum absolute atomic E-state index is 13.3. The van der Waals surface area contributed by atoms with Gasteiger partial charge in [-0.15, -0.1) is 11.6 Å². The van der Waals surface area contributed by atoms with E-state index < -0.39 is 41.5 Å². The smallest absolute Gasteiger partial charge is 0.334 e. The fourth-order valence-corrected chi connectivity index (χ4v) is 4.62. The maximum Gasteiger partial charge on any atom is 0.334 e. The molecule has 1 fully saturated rings. The second kappa shape index (κ2) is 12.2. The summed E-state index contributed by atoms with van der Waals surface area (Å²) >= 11 is 12.3. The topological polar surface area (TPSA) is 84.9 Å². The summed E-state index contributed by atoms with van der Waals surface area (Å²) < 4.78 is 10.9. The highest BCUT2D eigenvalue weighted by atomic mass is 35.5. The fourth-order valence-electron chi connectivity index (χ4n) is 4.09. The SMILES string of the molecule is C=C(CCl)C(C(=O)OC(c1ccccc1)c1ccccc1)N1C(=O)C(NC(C)=O)C1Cl.c1cc2cc(c1)O2. The molecule has 3 heterocycles. The van der Waals surface area contributed by atoms with Crippen LogP contribution in [0, 0.1) is 0 Å². The lowest BCUT2D eigenvalue weighted by atomic mass is 9.98. The van der Waals surface area contributed by atoms with Gasteiger partial charge in [-0.1, -0.05) is 84.9 Å². The van der Waals surface area contributed by atoms with Crippen LogP contribution in [0.15, 0.2) is 97.1 Å². The summed E-state index contributed by atoms with van der Waals surface area (Å²) in [5, 5.41) is 2.48. The Balaban J connectivity index is 0.000000408. The number of likely N-dealkylation sites (tertiary alicyclic amines) is 1. The highest BCUT2D eigenvalue weighted by Gasteiger charge is 2.53. The van der Waals surface area contributed by atoms with Crippen LogP contribution in [0.1, 0.15) is 24.2 Å². The Morgan fingerprint density at radius 1 is 1.00 bits per heavy atom. The van der Waals surface area contributed by atoms with Crippen LogP contribution in [-0.2, 0) is 19.1 Å². The van der Waals surface area contributed by atoms with Gasteiger partial charge >= 0.3 is 5.97 Å². The van der Waals surface area contributed by atoms with Crippen molar-refractivity contribution in [2.45, 2.75) is 30.6 Å². The number of rotatable bonds is 8. The van der Waals surface area contributed by atoms with Gasteiger partial charge in [0.2, 0.25) is 5.91 Å². The van der Waals surface area contributed by atoms with Gasteiger partial charge in [0.15, 0.2) is 12.1 Å². The first-order valence-electron chi connectivity index (χ1n) is 11.9. The number of fused-ring (bicyclic) bond motifs is 2. The molecule has 7 nitrogen and oxygen atoms in total. The van der Waals surface area contributed by atoms with Gasteiger partial charge < -0.3 is 19.7 Å². The second-order valence-corrected chi connectivity index (χ2v) is 9.42. The molecule has 0 aliphatic carbocycles. The van der Waals surface area contributed by atoms with Crippen LogP contribution in [0.25, 0.3) is 0 Å². The molecule has 196 valence electrons. The van der Waals surface area contributed by atoms with E-state index in [0.29, 0.717) is 0 Å². The molecule has 3 aromatic carbocycles. The molecular formula is C29H26Cl2N2O5. The summed E-state index contributed by atoms with van der Waals surface area (Å²) in [4.78, 5) is 38.4. The Hall–Kier alpha value is -3.81. The van der Waals surface area contributed by atoms with E-state index in [1.54, 1.807) is 0 Å². The summed E-state index contributed by atoms with van der Waals surface area (Å²) in [6.45, 7) is 5.12. The number of amides is 2. The predicted molar refractivity (Wildman–Crippen MR) is 145 cm³/mol. The molecule has 1 N–H and O–H groups in total. The summed E-state index contributed by atoms with van der Waals surface area (Å²) in [5.41, 5.74) is 0.879. The highest BCUT2D eigenvalue weighted by molar-refractivity contribution is 6.27. The largest absolute Gasteiger partial charge is 0.457 e. The van der Waals surface area contributed by atoms with Gasteiger partial charge in [0.1, 0.15) is 23.0 Å². The number of nitrogens with zero attached hydrogens (tertiary/aromatic N) is 1. The maximum atomic E-state index is 13.3. The van der Waals surface area contributed by atoms with Crippen molar-refractivity contribution in [2.75, 3.05) is 5.88 Å². The van der Waals surface area contributed by atoms with Crippen LogP contribution in [0.4, 0.5) is 0 Å². The Bertz CT molecular complexity index is 1250. The highest BCUT2D eigenvalue weighted by Crippen LogP contribution is 2.34. The van der Waals surface area contributed by atoms with Crippen molar-refractivity contribution in [1.82, 2.24) is 10.2 Å². The molecule has 0 radical (unpaired) electrons.